The van der Waals surface area contributed by atoms with Crippen LogP contribution in [0, 0.1) is 0 Å². The van der Waals surface area contributed by atoms with Crippen molar-refractivity contribution in [3.05, 3.63) is 90.5 Å². The molecule has 1 aromatic heterocycles. The summed E-state index contributed by atoms with van der Waals surface area (Å²) in [7, 11) is 0. The van der Waals surface area contributed by atoms with E-state index in [1.165, 1.54) is 0 Å². The van der Waals surface area contributed by atoms with E-state index >= 15 is 0 Å². The summed E-state index contributed by atoms with van der Waals surface area (Å²) in [5, 5.41) is 0.772. The third kappa shape index (κ3) is 3.63. The molecule has 0 radical (unpaired) electrons. The molecule has 0 unspecified atom stereocenters. The zero-order valence-corrected chi connectivity index (χ0v) is 15.3. The molecule has 0 spiro atoms. The first-order valence-electron chi connectivity index (χ1n) is 9.19. The molecule has 28 heavy (non-hydrogen) atoms. The highest BCUT2D eigenvalue weighted by Crippen LogP contribution is 2.27. The lowest BCUT2D eigenvalue weighted by Crippen LogP contribution is -2.14. The van der Waals surface area contributed by atoms with Gasteiger partial charge in [-0.05, 0) is 23.3 Å². The number of rotatable bonds is 5. The molecular weight excluding hydrogens is 348 g/mol. The molecule has 0 amide bonds. The number of hydrogen-bond donors (Lipinski definition) is 1. The van der Waals surface area contributed by atoms with Gasteiger partial charge in [0.05, 0.1) is 16.8 Å². The van der Waals surface area contributed by atoms with Crippen LogP contribution in [0.5, 0.6) is 0 Å². The number of pyridine rings is 1. The minimum absolute atomic E-state index is 0.191. The number of nitrogens with two attached hydrogens (primary N) is 1. The Morgan fingerprint density at radius 2 is 1.46 bits per heavy atom. The second kappa shape index (κ2) is 8.03. The average Bonchev–Trinajstić information content (AvgIpc) is 2.77. The molecule has 138 valence electrons. The molecule has 0 saturated heterocycles. The maximum Gasteiger partial charge on any atom is 0.338 e. The quantitative estimate of drug-likeness (QED) is 0.519. The van der Waals surface area contributed by atoms with Gasteiger partial charge < -0.3 is 10.5 Å². The molecule has 0 saturated carbocycles. The third-order valence-corrected chi connectivity index (χ3v) is 4.57. The summed E-state index contributed by atoms with van der Waals surface area (Å²) in [5.74, 6) is -0.383. The van der Waals surface area contributed by atoms with E-state index in [1.807, 2.05) is 54.6 Å². The fourth-order valence-corrected chi connectivity index (χ4v) is 3.19. The largest absolute Gasteiger partial charge is 0.461 e. The topological polar surface area (TPSA) is 65.2 Å². The van der Waals surface area contributed by atoms with Crippen LogP contribution in [0.15, 0.2) is 84.9 Å². The van der Waals surface area contributed by atoms with Crippen molar-refractivity contribution in [2.75, 3.05) is 13.2 Å². The monoisotopic (exact) mass is 368 g/mol. The number of nitrogens with zero attached hydrogens (tertiary/aromatic N) is 1. The van der Waals surface area contributed by atoms with Crippen LogP contribution in [-0.4, -0.2) is 24.1 Å². The molecule has 1 heterocycles. The summed E-state index contributed by atoms with van der Waals surface area (Å²) in [4.78, 5) is 17.3. The van der Waals surface area contributed by atoms with Crippen molar-refractivity contribution in [1.82, 2.24) is 4.98 Å². The van der Waals surface area contributed by atoms with Crippen LogP contribution in [0.4, 0.5) is 0 Å². The predicted octanol–water partition coefficient (Wildman–Crippen LogP) is 4.68. The molecule has 0 bridgehead atoms. The van der Waals surface area contributed by atoms with Gasteiger partial charge in [-0.15, -0.1) is 0 Å². The number of esters is 1. The number of para-hydroxylation sites is 1. The Hall–Kier alpha value is -3.50. The van der Waals surface area contributed by atoms with E-state index < -0.39 is 0 Å². The van der Waals surface area contributed by atoms with E-state index in [4.69, 9.17) is 15.5 Å². The number of carbonyl (C=O) groups excluding carboxylic acids is 1. The minimum atomic E-state index is -0.383. The van der Waals surface area contributed by atoms with Gasteiger partial charge in [0, 0.05) is 17.5 Å². The SMILES string of the molecule is NCCOC(=O)c1cc(-c2ccc(-c3ccccc3)cc2)nc2ccccc12. The third-order valence-electron chi connectivity index (χ3n) is 4.57. The lowest BCUT2D eigenvalue weighted by Gasteiger charge is -2.10. The van der Waals surface area contributed by atoms with Crippen LogP contribution in [0.1, 0.15) is 10.4 Å². The van der Waals surface area contributed by atoms with Crippen LogP contribution >= 0.6 is 0 Å². The summed E-state index contributed by atoms with van der Waals surface area (Å²) in [6, 6.07) is 27.7. The van der Waals surface area contributed by atoms with Crippen molar-refractivity contribution in [1.29, 1.82) is 0 Å². The number of benzene rings is 3. The van der Waals surface area contributed by atoms with E-state index in [9.17, 15) is 4.79 Å². The number of fused-ring (bicyclic) bond motifs is 1. The fraction of sp³-hybridized carbons (Fsp3) is 0.0833. The first kappa shape index (κ1) is 17.9. The average molecular weight is 368 g/mol. The van der Waals surface area contributed by atoms with Crippen LogP contribution in [0.25, 0.3) is 33.3 Å². The van der Waals surface area contributed by atoms with Gasteiger partial charge in [0.1, 0.15) is 6.61 Å². The standard InChI is InChI=1S/C24H20N2O2/c25-14-15-28-24(27)21-16-23(26-22-9-5-4-8-20(21)22)19-12-10-18(11-13-19)17-6-2-1-3-7-17/h1-13,16H,14-15,25H2. The lowest BCUT2D eigenvalue weighted by atomic mass is 10.0. The minimum Gasteiger partial charge on any atom is -0.461 e. The van der Waals surface area contributed by atoms with E-state index in [1.54, 1.807) is 6.07 Å². The molecule has 4 rings (SSSR count). The van der Waals surface area contributed by atoms with Gasteiger partial charge in [-0.25, -0.2) is 9.78 Å². The number of ether oxygens (including phenoxy) is 1. The second-order valence-corrected chi connectivity index (χ2v) is 6.44. The summed E-state index contributed by atoms with van der Waals surface area (Å²) in [6.45, 7) is 0.485. The maximum atomic E-state index is 12.5. The molecule has 0 aliphatic carbocycles. The molecule has 0 aliphatic heterocycles. The van der Waals surface area contributed by atoms with Crippen LogP contribution in [0.2, 0.25) is 0 Å². The summed E-state index contributed by atoms with van der Waals surface area (Å²) in [6.07, 6.45) is 0. The summed E-state index contributed by atoms with van der Waals surface area (Å²) < 4.78 is 5.26. The van der Waals surface area contributed by atoms with Gasteiger partial charge in [0.2, 0.25) is 0 Å². The maximum absolute atomic E-state index is 12.5. The van der Waals surface area contributed by atoms with Gasteiger partial charge in [0.25, 0.3) is 0 Å². The van der Waals surface area contributed by atoms with Crippen molar-refractivity contribution < 1.29 is 9.53 Å². The summed E-state index contributed by atoms with van der Waals surface area (Å²) >= 11 is 0. The number of carbonyl (C=O) groups is 1. The number of aromatic nitrogens is 1. The molecule has 4 heteroatoms. The van der Waals surface area contributed by atoms with Gasteiger partial charge in [-0.3, -0.25) is 0 Å². The van der Waals surface area contributed by atoms with Crippen molar-refractivity contribution in [2.45, 2.75) is 0 Å². The van der Waals surface area contributed by atoms with Crippen molar-refractivity contribution in [3.63, 3.8) is 0 Å². The smallest absolute Gasteiger partial charge is 0.338 e. The van der Waals surface area contributed by atoms with Crippen LogP contribution < -0.4 is 5.73 Å². The normalized spacial score (nSPS) is 10.8. The lowest BCUT2D eigenvalue weighted by molar-refractivity contribution is 0.0519. The Kier molecular flexibility index (Phi) is 5.13. The highest BCUT2D eigenvalue weighted by atomic mass is 16.5. The van der Waals surface area contributed by atoms with Crippen LogP contribution in [0.3, 0.4) is 0 Å². The van der Waals surface area contributed by atoms with E-state index in [-0.39, 0.29) is 12.6 Å². The van der Waals surface area contributed by atoms with Gasteiger partial charge >= 0.3 is 5.97 Å². The van der Waals surface area contributed by atoms with Crippen molar-refractivity contribution >= 4 is 16.9 Å². The fourth-order valence-electron chi connectivity index (χ4n) is 3.19. The Morgan fingerprint density at radius 1 is 0.821 bits per heavy atom. The zero-order valence-electron chi connectivity index (χ0n) is 15.3. The predicted molar refractivity (Wildman–Crippen MR) is 112 cm³/mol. The first-order valence-corrected chi connectivity index (χ1v) is 9.19. The van der Waals surface area contributed by atoms with Crippen LogP contribution in [-0.2, 0) is 4.74 Å². The highest BCUT2D eigenvalue weighted by Gasteiger charge is 2.15. The molecular formula is C24H20N2O2. The van der Waals surface area contributed by atoms with Gasteiger partial charge in [0.15, 0.2) is 0 Å². The molecule has 4 aromatic rings. The molecule has 0 atom stereocenters. The molecule has 0 aliphatic rings. The highest BCUT2D eigenvalue weighted by molar-refractivity contribution is 6.04. The Morgan fingerprint density at radius 3 is 2.21 bits per heavy atom. The number of hydrogen-bond acceptors (Lipinski definition) is 4. The van der Waals surface area contributed by atoms with Gasteiger partial charge in [-0.1, -0.05) is 72.8 Å². The van der Waals surface area contributed by atoms with Gasteiger partial charge in [-0.2, -0.15) is 0 Å². The second-order valence-electron chi connectivity index (χ2n) is 6.44. The van der Waals surface area contributed by atoms with Crippen molar-refractivity contribution in [3.8, 4) is 22.4 Å². The van der Waals surface area contributed by atoms with E-state index in [0.29, 0.717) is 12.1 Å². The molecule has 3 aromatic carbocycles. The van der Waals surface area contributed by atoms with Crippen molar-refractivity contribution in [2.24, 2.45) is 5.73 Å². The van der Waals surface area contributed by atoms with E-state index in [0.717, 1.165) is 33.3 Å². The van der Waals surface area contributed by atoms with E-state index in [2.05, 4.69) is 24.3 Å². The summed E-state index contributed by atoms with van der Waals surface area (Å²) in [5.41, 5.74) is 10.7. The Balaban J connectivity index is 1.75. The molecule has 4 nitrogen and oxygen atoms in total. The zero-order chi connectivity index (χ0) is 19.3. The first-order chi connectivity index (χ1) is 13.8. The molecule has 2 N–H and O–H groups in total. The Labute approximate surface area is 163 Å². The molecule has 0 fully saturated rings. The Bertz CT molecular complexity index is 1110.